The van der Waals surface area contributed by atoms with E-state index in [0.29, 0.717) is 15.9 Å². The summed E-state index contributed by atoms with van der Waals surface area (Å²) in [5.41, 5.74) is 5.32. The lowest BCUT2D eigenvalue weighted by atomic mass is 9.87. The van der Waals surface area contributed by atoms with Gasteiger partial charge in [0.1, 0.15) is 5.52 Å². The largest absolute Gasteiger partial charge is 0.436 e. The molecule has 0 amide bonds. The molecule has 0 atom stereocenters. The molecular weight excluding hydrogens is 391 g/mol. The number of aromatic nitrogens is 1. The molecule has 0 radical (unpaired) electrons. The molecule has 0 unspecified atom stereocenters. The Bertz CT molecular complexity index is 1110. The van der Waals surface area contributed by atoms with Crippen molar-refractivity contribution in [3.05, 3.63) is 76.3 Å². The summed E-state index contributed by atoms with van der Waals surface area (Å²) in [5, 5.41) is 4.42. The van der Waals surface area contributed by atoms with E-state index in [0.717, 1.165) is 33.6 Å². The van der Waals surface area contributed by atoms with Gasteiger partial charge in [0, 0.05) is 11.3 Å². The summed E-state index contributed by atoms with van der Waals surface area (Å²) in [4.78, 5) is 4.54. The zero-order valence-corrected chi connectivity index (χ0v) is 17.4. The van der Waals surface area contributed by atoms with Gasteiger partial charge in [-0.05, 0) is 59.5 Å². The molecular formula is C23H20Cl2N2O. The second-order valence-electron chi connectivity index (χ2n) is 7.76. The lowest BCUT2D eigenvalue weighted by Crippen LogP contribution is -2.11. The summed E-state index contributed by atoms with van der Waals surface area (Å²) in [5.74, 6) is 0.601. The van der Waals surface area contributed by atoms with Crippen LogP contribution in [0.5, 0.6) is 0 Å². The normalized spacial score (nSPS) is 11.8. The fourth-order valence-electron chi connectivity index (χ4n) is 2.96. The van der Waals surface area contributed by atoms with Crippen LogP contribution in [0.25, 0.3) is 22.6 Å². The molecule has 3 aromatic carbocycles. The second kappa shape index (κ2) is 7.16. The number of oxazole rings is 1. The molecule has 0 aliphatic heterocycles. The predicted molar refractivity (Wildman–Crippen MR) is 118 cm³/mol. The van der Waals surface area contributed by atoms with Crippen molar-refractivity contribution >= 4 is 45.7 Å². The Kier molecular flexibility index (Phi) is 4.82. The maximum Gasteiger partial charge on any atom is 0.227 e. The number of nitrogens with zero attached hydrogens (tertiary/aromatic N) is 1. The molecule has 0 aliphatic carbocycles. The Morgan fingerprint density at radius 3 is 2.32 bits per heavy atom. The Morgan fingerprint density at radius 2 is 1.64 bits per heavy atom. The first-order chi connectivity index (χ1) is 13.3. The molecule has 0 bridgehead atoms. The van der Waals surface area contributed by atoms with Crippen molar-refractivity contribution < 1.29 is 4.42 Å². The van der Waals surface area contributed by atoms with Crippen LogP contribution in [0.1, 0.15) is 26.3 Å². The van der Waals surface area contributed by atoms with E-state index < -0.39 is 0 Å². The van der Waals surface area contributed by atoms with E-state index in [1.54, 1.807) is 0 Å². The molecule has 5 heteroatoms. The van der Waals surface area contributed by atoms with Crippen LogP contribution in [0.15, 0.2) is 65.1 Å². The number of para-hydroxylation sites is 2. The Labute approximate surface area is 174 Å². The number of nitrogens with one attached hydrogen (secondary N) is 1. The van der Waals surface area contributed by atoms with Crippen LogP contribution in [0.3, 0.4) is 0 Å². The quantitative estimate of drug-likeness (QED) is 0.373. The Hall–Kier alpha value is -2.49. The number of hydrogen-bond donors (Lipinski definition) is 1. The van der Waals surface area contributed by atoms with Gasteiger partial charge in [0.2, 0.25) is 5.89 Å². The van der Waals surface area contributed by atoms with E-state index in [4.69, 9.17) is 27.6 Å². The van der Waals surface area contributed by atoms with E-state index in [-0.39, 0.29) is 5.41 Å². The minimum Gasteiger partial charge on any atom is -0.436 e. The molecule has 0 fully saturated rings. The van der Waals surface area contributed by atoms with Crippen molar-refractivity contribution in [2.24, 2.45) is 0 Å². The SMILES string of the molecule is CC(C)(C)c1cc(Cl)c(Cl)c(Nc2ccc(-c3nc4ccccc4o3)cc2)c1. The molecule has 0 aliphatic rings. The van der Waals surface area contributed by atoms with Gasteiger partial charge in [0.25, 0.3) is 0 Å². The molecule has 4 aromatic rings. The Morgan fingerprint density at radius 1 is 0.929 bits per heavy atom. The lowest BCUT2D eigenvalue weighted by Gasteiger charge is -2.21. The number of benzene rings is 3. The predicted octanol–water partition coefficient (Wildman–Crippen LogP) is 7.84. The zero-order valence-electron chi connectivity index (χ0n) is 15.9. The highest BCUT2D eigenvalue weighted by Crippen LogP contribution is 2.37. The summed E-state index contributed by atoms with van der Waals surface area (Å²) in [7, 11) is 0. The van der Waals surface area contributed by atoms with E-state index >= 15 is 0 Å². The topological polar surface area (TPSA) is 38.1 Å². The highest BCUT2D eigenvalue weighted by molar-refractivity contribution is 6.43. The van der Waals surface area contributed by atoms with Crippen molar-refractivity contribution in [2.45, 2.75) is 26.2 Å². The summed E-state index contributed by atoms with van der Waals surface area (Å²) in [6.07, 6.45) is 0. The summed E-state index contributed by atoms with van der Waals surface area (Å²) >= 11 is 12.8. The van der Waals surface area contributed by atoms with Crippen LogP contribution in [0, 0.1) is 0 Å². The third-order valence-corrected chi connectivity index (χ3v) is 5.40. The smallest absolute Gasteiger partial charge is 0.227 e. The van der Waals surface area contributed by atoms with Gasteiger partial charge >= 0.3 is 0 Å². The molecule has 4 rings (SSSR count). The first-order valence-corrected chi connectivity index (χ1v) is 9.79. The van der Waals surface area contributed by atoms with Crippen molar-refractivity contribution in [2.75, 3.05) is 5.32 Å². The molecule has 1 heterocycles. The third-order valence-electron chi connectivity index (χ3n) is 4.60. The molecule has 1 N–H and O–H groups in total. The molecule has 28 heavy (non-hydrogen) atoms. The first-order valence-electron chi connectivity index (χ1n) is 9.04. The van der Waals surface area contributed by atoms with Gasteiger partial charge in [-0.3, -0.25) is 0 Å². The minimum atomic E-state index is -0.0263. The molecule has 1 aromatic heterocycles. The number of fused-ring (bicyclic) bond motifs is 1. The highest BCUT2D eigenvalue weighted by Gasteiger charge is 2.18. The maximum absolute atomic E-state index is 6.42. The minimum absolute atomic E-state index is 0.0263. The van der Waals surface area contributed by atoms with Crippen LogP contribution in [0.2, 0.25) is 10.0 Å². The Balaban J connectivity index is 1.62. The number of halogens is 2. The van der Waals surface area contributed by atoms with E-state index in [1.165, 1.54) is 0 Å². The summed E-state index contributed by atoms with van der Waals surface area (Å²) in [6, 6.07) is 19.6. The summed E-state index contributed by atoms with van der Waals surface area (Å²) < 4.78 is 5.83. The average molecular weight is 411 g/mol. The highest BCUT2D eigenvalue weighted by atomic mass is 35.5. The number of rotatable bonds is 3. The number of hydrogen-bond acceptors (Lipinski definition) is 3. The standard InChI is InChI=1S/C23H20Cl2N2O/c1-23(2,3)15-12-17(24)21(25)19(13-15)26-16-10-8-14(9-11-16)22-27-18-6-4-5-7-20(18)28-22/h4-13,26H,1-3H3. The van der Waals surface area contributed by atoms with Crippen LogP contribution < -0.4 is 5.32 Å². The second-order valence-corrected chi connectivity index (χ2v) is 8.54. The zero-order chi connectivity index (χ0) is 19.9. The van der Waals surface area contributed by atoms with Crippen molar-refractivity contribution in [1.29, 1.82) is 0 Å². The first kappa shape index (κ1) is 18.9. The molecule has 0 saturated carbocycles. The molecule has 142 valence electrons. The number of anilines is 2. The van der Waals surface area contributed by atoms with Crippen molar-refractivity contribution in [1.82, 2.24) is 4.98 Å². The monoisotopic (exact) mass is 410 g/mol. The fourth-order valence-corrected chi connectivity index (χ4v) is 3.34. The fraction of sp³-hybridized carbons (Fsp3) is 0.174. The van der Waals surface area contributed by atoms with Crippen LogP contribution in [-0.4, -0.2) is 4.98 Å². The molecule has 0 spiro atoms. The van der Waals surface area contributed by atoms with E-state index in [1.807, 2.05) is 60.7 Å². The van der Waals surface area contributed by atoms with Crippen molar-refractivity contribution in [3.8, 4) is 11.5 Å². The van der Waals surface area contributed by atoms with Crippen molar-refractivity contribution in [3.63, 3.8) is 0 Å². The van der Waals surface area contributed by atoms with Gasteiger partial charge in [-0.15, -0.1) is 0 Å². The van der Waals surface area contributed by atoms with Crippen LogP contribution in [-0.2, 0) is 5.41 Å². The van der Waals surface area contributed by atoms with Gasteiger partial charge in [-0.2, -0.15) is 0 Å². The van der Waals surface area contributed by atoms with Gasteiger partial charge in [-0.25, -0.2) is 4.98 Å². The lowest BCUT2D eigenvalue weighted by molar-refractivity contribution is 0.590. The van der Waals surface area contributed by atoms with Gasteiger partial charge < -0.3 is 9.73 Å². The van der Waals surface area contributed by atoms with E-state index in [9.17, 15) is 0 Å². The van der Waals surface area contributed by atoms with Gasteiger partial charge in [0.15, 0.2) is 5.58 Å². The van der Waals surface area contributed by atoms with Crippen LogP contribution >= 0.6 is 23.2 Å². The molecule has 3 nitrogen and oxygen atoms in total. The third kappa shape index (κ3) is 3.73. The van der Waals surface area contributed by atoms with E-state index in [2.05, 4.69) is 31.1 Å². The summed E-state index contributed by atoms with van der Waals surface area (Å²) in [6.45, 7) is 6.43. The molecule has 0 saturated heterocycles. The van der Waals surface area contributed by atoms with Gasteiger partial charge in [0.05, 0.1) is 15.7 Å². The van der Waals surface area contributed by atoms with Gasteiger partial charge in [-0.1, -0.05) is 56.1 Å². The van der Waals surface area contributed by atoms with Crippen LogP contribution in [0.4, 0.5) is 11.4 Å². The average Bonchev–Trinajstić information content (AvgIpc) is 3.09. The maximum atomic E-state index is 6.42.